The Labute approximate surface area is 167 Å². The van der Waals surface area contributed by atoms with E-state index < -0.39 is 6.10 Å². The van der Waals surface area contributed by atoms with Crippen LogP contribution in [0.4, 0.5) is 4.39 Å². The van der Waals surface area contributed by atoms with E-state index in [4.69, 9.17) is 0 Å². The van der Waals surface area contributed by atoms with E-state index in [9.17, 15) is 9.50 Å². The molecule has 0 amide bonds. The number of halogens is 2. The zero-order chi connectivity index (χ0) is 17.2. The monoisotopic (exact) mass is 464 g/mol. The molecule has 1 aliphatic rings. The van der Waals surface area contributed by atoms with E-state index in [1.165, 1.54) is 44.5 Å². The van der Waals surface area contributed by atoms with Crippen LogP contribution < -0.4 is 10.6 Å². The first-order valence-corrected chi connectivity index (χ1v) is 8.87. The van der Waals surface area contributed by atoms with Gasteiger partial charge < -0.3 is 20.6 Å². The van der Waals surface area contributed by atoms with Crippen LogP contribution in [-0.2, 0) is 0 Å². The van der Waals surface area contributed by atoms with Crippen LogP contribution in [0, 0.1) is 5.82 Å². The highest BCUT2D eigenvalue weighted by Crippen LogP contribution is 2.13. The molecule has 1 aliphatic heterocycles. The lowest BCUT2D eigenvalue weighted by Gasteiger charge is -2.26. The second kappa shape index (κ2) is 12.4. The molecule has 25 heavy (non-hydrogen) atoms. The van der Waals surface area contributed by atoms with E-state index in [1.54, 1.807) is 12.1 Å². The topological polar surface area (TPSA) is 59.9 Å². The van der Waals surface area contributed by atoms with E-state index in [0.29, 0.717) is 11.5 Å². The van der Waals surface area contributed by atoms with Gasteiger partial charge in [-0.2, -0.15) is 0 Å². The van der Waals surface area contributed by atoms with E-state index in [1.807, 2.05) is 6.92 Å². The van der Waals surface area contributed by atoms with Crippen molar-refractivity contribution < 1.29 is 9.50 Å². The van der Waals surface area contributed by atoms with Gasteiger partial charge >= 0.3 is 0 Å². The fraction of sp³-hybridized carbons (Fsp3) is 0.611. The largest absolute Gasteiger partial charge is 0.386 e. The lowest BCUT2D eigenvalue weighted by molar-refractivity contribution is 0.187. The molecule has 1 unspecified atom stereocenters. The summed E-state index contributed by atoms with van der Waals surface area (Å²) in [6, 6.07) is 5.88. The highest BCUT2D eigenvalue weighted by atomic mass is 127. The Kier molecular flexibility index (Phi) is 11.0. The molecule has 1 heterocycles. The summed E-state index contributed by atoms with van der Waals surface area (Å²) in [6.07, 6.45) is 3.19. The van der Waals surface area contributed by atoms with Gasteiger partial charge in [0.1, 0.15) is 5.82 Å². The number of nitrogens with one attached hydrogen (secondary N) is 2. The van der Waals surface area contributed by atoms with Crippen LogP contribution in [0.15, 0.2) is 29.3 Å². The molecule has 0 radical (unpaired) electrons. The summed E-state index contributed by atoms with van der Waals surface area (Å²) < 4.78 is 12.9. The lowest BCUT2D eigenvalue weighted by atomic mass is 10.1. The molecule has 0 aliphatic carbocycles. The Hall–Kier alpha value is -0.930. The maximum Gasteiger partial charge on any atom is 0.191 e. The zero-order valence-corrected chi connectivity index (χ0v) is 17.2. The number of nitrogens with zero attached hydrogens (tertiary/aromatic N) is 2. The number of aliphatic imine (C=N–C) groups is 1. The number of likely N-dealkylation sites (tertiary alicyclic amines) is 1. The Bertz CT molecular complexity index is 506. The van der Waals surface area contributed by atoms with Crippen molar-refractivity contribution >= 4 is 29.9 Å². The van der Waals surface area contributed by atoms with E-state index in [0.717, 1.165) is 19.6 Å². The normalized spacial score (nSPS) is 16.8. The predicted octanol–water partition coefficient (Wildman–Crippen LogP) is 2.52. The van der Waals surface area contributed by atoms with Gasteiger partial charge in [0.25, 0.3) is 0 Å². The second-order valence-corrected chi connectivity index (χ2v) is 6.12. The third-order valence-electron chi connectivity index (χ3n) is 4.19. The molecule has 142 valence electrons. The molecule has 0 bridgehead atoms. The van der Waals surface area contributed by atoms with Crippen molar-refractivity contribution in [2.45, 2.75) is 32.3 Å². The van der Waals surface area contributed by atoms with Crippen molar-refractivity contribution in [1.82, 2.24) is 15.5 Å². The summed E-state index contributed by atoms with van der Waals surface area (Å²) in [5.74, 6) is 0.401. The SMILES string of the molecule is CCNC(=NCC(O)c1ccc(F)cc1)NCCN1CCCCC1.I. The third-order valence-corrected chi connectivity index (χ3v) is 4.19. The van der Waals surface area contributed by atoms with Gasteiger partial charge in [-0.05, 0) is 50.6 Å². The smallest absolute Gasteiger partial charge is 0.191 e. The Balaban J connectivity index is 0.00000312. The Morgan fingerprint density at radius 1 is 1.20 bits per heavy atom. The highest BCUT2D eigenvalue weighted by molar-refractivity contribution is 14.0. The average molecular weight is 464 g/mol. The molecular weight excluding hydrogens is 434 g/mol. The summed E-state index contributed by atoms with van der Waals surface area (Å²) in [6.45, 7) is 7.21. The average Bonchev–Trinajstić information content (AvgIpc) is 2.61. The minimum absolute atomic E-state index is 0. The zero-order valence-electron chi connectivity index (χ0n) is 14.9. The molecule has 1 atom stereocenters. The number of hydrogen-bond donors (Lipinski definition) is 3. The number of hydrogen-bond acceptors (Lipinski definition) is 3. The van der Waals surface area contributed by atoms with Gasteiger partial charge in [-0.15, -0.1) is 24.0 Å². The summed E-state index contributed by atoms with van der Waals surface area (Å²) in [4.78, 5) is 6.89. The van der Waals surface area contributed by atoms with Crippen LogP contribution >= 0.6 is 24.0 Å². The fourth-order valence-electron chi connectivity index (χ4n) is 2.83. The summed E-state index contributed by atoms with van der Waals surface area (Å²) in [5.41, 5.74) is 0.671. The van der Waals surface area contributed by atoms with Gasteiger partial charge in [-0.1, -0.05) is 18.6 Å². The Morgan fingerprint density at radius 2 is 1.88 bits per heavy atom. The molecule has 2 rings (SSSR count). The van der Waals surface area contributed by atoms with Crippen molar-refractivity contribution in [3.8, 4) is 0 Å². The van der Waals surface area contributed by atoms with Crippen LogP contribution in [-0.4, -0.2) is 55.2 Å². The summed E-state index contributed by atoms with van der Waals surface area (Å²) >= 11 is 0. The highest BCUT2D eigenvalue weighted by Gasteiger charge is 2.10. The quantitative estimate of drug-likeness (QED) is 0.330. The number of benzene rings is 1. The number of piperidine rings is 1. The van der Waals surface area contributed by atoms with E-state index in [-0.39, 0.29) is 36.3 Å². The first-order valence-electron chi connectivity index (χ1n) is 8.87. The van der Waals surface area contributed by atoms with Crippen molar-refractivity contribution in [3.05, 3.63) is 35.6 Å². The molecular formula is C18H30FIN4O. The van der Waals surface area contributed by atoms with Gasteiger partial charge in [0.05, 0.1) is 12.6 Å². The molecule has 7 heteroatoms. The molecule has 1 fully saturated rings. The second-order valence-electron chi connectivity index (χ2n) is 6.12. The molecule has 3 N–H and O–H groups in total. The predicted molar refractivity (Wildman–Crippen MR) is 111 cm³/mol. The molecule has 0 spiro atoms. The molecule has 1 aromatic carbocycles. The summed E-state index contributed by atoms with van der Waals surface area (Å²) in [5, 5.41) is 16.7. The molecule has 1 aromatic rings. The molecule has 5 nitrogen and oxygen atoms in total. The first kappa shape index (κ1) is 22.1. The lowest BCUT2D eigenvalue weighted by Crippen LogP contribution is -2.42. The molecule has 0 saturated carbocycles. The van der Waals surface area contributed by atoms with Crippen LogP contribution in [0.5, 0.6) is 0 Å². The number of aliphatic hydroxyl groups is 1. The van der Waals surface area contributed by atoms with Crippen molar-refractivity contribution in [3.63, 3.8) is 0 Å². The Morgan fingerprint density at radius 3 is 2.52 bits per heavy atom. The van der Waals surface area contributed by atoms with Crippen LogP contribution in [0.3, 0.4) is 0 Å². The van der Waals surface area contributed by atoms with Crippen LogP contribution in [0.1, 0.15) is 37.9 Å². The van der Waals surface area contributed by atoms with E-state index >= 15 is 0 Å². The minimum atomic E-state index is -0.733. The summed E-state index contributed by atoms with van der Waals surface area (Å²) in [7, 11) is 0. The first-order chi connectivity index (χ1) is 11.7. The van der Waals surface area contributed by atoms with Crippen LogP contribution in [0.25, 0.3) is 0 Å². The van der Waals surface area contributed by atoms with Crippen molar-refractivity contribution in [1.29, 1.82) is 0 Å². The fourth-order valence-corrected chi connectivity index (χ4v) is 2.83. The minimum Gasteiger partial charge on any atom is -0.386 e. The molecule has 1 saturated heterocycles. The van der Waals surface area contributed by atoms with Gasteiger partial charge in [0, 0.05) is 19.6 Å². The van der Waals surface area contributed by atoms with Gasteiger partial charge in [0.2, 0.25) is 0 Å². The number of aliphatic hydroxyl groups excluding tert-OH is 1. The van der Waals surface area contributed by atoms with E-state index in [2.05, 4.69) is 20.5 Å². The number of guanidine groups is 1. The standard InChI is InChI=1S/C18H29FN4O.HI/c1-2-20-18(21-10-13-23-11-4-3-5-12-23)22-14-17(24)15-6-8-16(19)9-7-15;/h6-9,17,24H,2-5,10-14H2,1H3,(H2,20,21,22);1H. The van der Waals surface area contributed by atoms with Gasteiger partial charge in [0.15, 0.2) is 5.96 Å². The van der Waals surface area contributed by atoms with Crippen LogP contribution in [0.2, 0.25) is 0 Å². The van der Waals surface area contributed by atoms with Gasteiger partial charge in [-0.3, -0.25) is 4.99 Å². The third kappa shape index (κ3) is 8.33. The van der Waals surface area contributed by atoms with Crippen molar-refractivity contribution in [2.24, 2.45) is 4.99 Å². The molecule has 0 aromatic heterocycles. The maximum atomic E-state index is 12.9. The number of rotatable bonds is 7. The maximum absolute atomic E-state index is 12.9. The van der Waals surface area contributed by atoms with Gasteiger partial charge in [-0.25, -0.2) is 4.39 Å². The van der Waals surface area contributed by atoms with Crippen molar-refractivity contribution in [2.75, 3.05) is 39.3 Å².